The molecular formula is C14H18N6O2. The molecule has 0 aromatic carbocycles. The van der Waals surface area contributed by atoms with Gasteiger partial charge in [-0.2, -0.15) is 0 Å². The highest BCUT2D eigenvalue weighted by Gasteiger charge is 2.23. The fraction of sp³-hybridized carbons (Fsp3) is 0.429. The van der Waals surface area contributed by atoms with Crippen LogP contribution in [0.5, 0.6) is 0 Å². The summed E-state index contributed by atoms with van der Waals surface area (Å²) in [5.41, 5.74) is 6.47. The van der Waals surface area contributed by atoms with E-state index in [1.54, 1.807) is 12.3 Å². The van der Waals surface area contributed by atoms with Crippen molar-refractivity contribution in [3.05, 3.63) is 23.7 Å². The van der Waals surface area contributed by atoms with Crippen molar-refractivity contribution < 1.29 is 9.59 Å². The van der Waals surface area contributed by atoms with Crippen molar-refractivity contribution in [1.29, 1.82) is 0 Å². The van der Waals surface area contributed by atoms with Crippen LogP contribution in [0.25, 0.3) is 6.08 Å². The van der Waals surface area contributed by atoms with E-state index in [9.17, 15) is 9.59 Å². The van der Waals surface area contributed by atoms with E-state index in [1.807, 2.05) is 0 Å². The summed E-state index contributed by atoms with van der Waals surface area (Å²) in [6.07, 6.45) is 5.25. The zero-order valence-electron chi connectivity index (χ0n) is 12.1. The van der Waals surface area contributed by atoms with E-state index in [-0.39, 0.29) is 5.70 Å². The summed E-state index contributed by atoms with van der Waals surface area (Å²) in [4.78, 5) is 33.5. The SMILES string of the molecule is NCC1CCN(c2nccc(C=C3NC(=O)NC3=O)n2)CC1. The number of urea groups is 1. The molecule has 1 aromatic rings. The van der Waals surface area contributed by atoms with Gasteiger partial charge < -0.3 is 16.0 Å². The van der Waals surface area contributed by atoms with Crippen LogP contribution in [-0.4, -0.2) is 41.5 Å². The summed E-state index contributed by atoms with van der Waals surface area (Å²) in [6, 6.07) is 1.18. The fourth-order valence-corrected chi connectivity index (χ4v) is 2.59. The highest BCUT2D eigenvalue weighted by Crippen LogP contribution is 2.20. The van der Waals surface area contributed by atoms with Gasteiger partial charge in [-0.3, -0.25) is 10.1 Å². The lowest BCUT2D eigenvalue weighted by molar-refractivity contribution is -0.115. The molecule has 0 bridgehead atoms. The molecule has 4 N–H and O–H groups in total. The lowest BCUT2D eigenvalue weighted by Crippen LogP contribution is -2.37. The molecule has 2 fully saturated rings. The highest BCUT2D eigenvalue weighted by atomic mass is 16.2. The Hall–Kier alpha value is -2.48. The molecule has 0 radical (unpaired) electrons. The van der Waals surface area contributed by atoms with Crippen LogP contribution in [-0.2, 0) is 4.79 Å². The lowest BCUT2D eigenvalue weighted by atomic mass is 9.97. The number of imide groups is 1. The third-order valence-corrected chi connectivity index (χ3v) is 3.91. The Labute approximate surface area is 127 Å². The average Bonchev–Trinajstić information content (AvgIpc) is 2.85. The molecule has 2 aliphatic heterocycles. The summed E-state index contributed by atoms with van der Waals surface area (Å²) >= 11 is 0. The molecular weight excluding hydrogens is 284 g/mol. The van der Waals surface area contributed by atoms with E-state index < -0.39 is 11.9 Å². The topological polar surface area (TPSA) is 113 Å². The normalized spacial score (nSPS) is 21.1. The quantitative estimate of drug-likeness (QED) is 0.528. The Morgan fingerprint density at radius 2 is 2.09 bits per heavy atom. The van der Waals surface area contributed by atoms with Crippen LogP contribution in [0, 0.1) is 5.92 Å². The van der Waals surface area contributed by atoms with Crippen molar-refractivity contribution >= 4 is 24.0 Å². The second-order valence-electron chi connectivity index (χ2n) is 5.41. The Morgan fingerprint density at radius 3 is 2.73 bits per heavy atom. The van der Waals surface area contributed by atoms with Gasteiger partial charge in [0.1, 0.15) is 5.70 Å². The van der Waals surface area contributed by atoms with Gasteiger partial charge in [0, 0.05) is 19.3 Å². The van der Waals surface area contributed by atoms with Crippen LogP contribution < -0.4 is 21.3 Å². The van der Waals surface area contributed by atoms with E-state index in [4.69, 9.17) is 5.73 Å². The van der Waals surface area contributed by atoms with Gasteiger partial charge in [0.15, 0.2) is 0 Å². The highest BCUT2D eigenvalue weighted by molar-refractivity contribution is 6.13. The molecule has 116 valence electrons. The second-order valence-corrected chi connectivity index (χ2v) is 5.41. The lowest BCUT2D eigenvalue weighted by Gasteiger charge is -2.31. The molecule has 8 heteroatoms. The minimum atomic E-state index is -0.519. The van der Waals surface area contributed by atoms with Gasteiger partial charge in [0.05, 0.1) is 5.69 Å². The fourth-order valence-electron chi connectivity index (χ4n) is 2.59. The third-order valence-electron chi connectivity index (χ3n) is 3.91. The van der Waals surface area contributed by atoms with Crippen molar-refractivity contribution in [3.63, 3.8) is 0 Å². The number of aromatic nitrogens is 2. The van der Waals surface area contributed by atoms with E-state index in [1.165, 1.54) is 6.08 Å². The number of nitrogens with one attached hydrogen (secondary N) is 2. The molecule has 3 rings (SSSR count). The zero-order chi connectivity index (χ0) is 15.5. The van der Waals surface area contributed by atoms with Crippen LogP contribution in [0.4, 0.5) is 10.7 Å². The van der Waals surface area contributed by atoms with Crippen LogP contribution >= 0.6 is 0 Å². The molecule has 0 unspecified atom stereocenters. The molecule has 0 spiro atoms. The first-order valence-electron chi connectivity index (χ1n) is 7.28. The Morgan fingerprint density at radius 1 is 1.32 bits per heavy atom. The number of amides is 3. The van der Waals surface area contributed by atoms with Gasteiger partial charge in [-0.05, 0) is 37.4 Å². The maximum absolute atomic E-state index is 11.5. The summed E-state index contributed by atoms with van der Waals surface area (Å²) in [7, 11) is 0. The molecule has 0 saturated carbocycles. The third kappa shape index (κ3) is 3.06. The summed E-state index contributed by atoms with van der Waals surface area (Å²) < 4.78 is 0. The first-order valence-corrected chi connectivity index (χ1v) is 7.28. The Bertz CT molecular complexity index is 622. The number of anilines is 1. The summed E-state index contributed by atoms with van der Waals surface area (Å²) in [5.74, 6) is 0.752. The van der Waals surface area contributed by atoms with E-state index in [0.717, 1.165) is 32.5 Å². The van der Waals surface area contributed by atoms with Crippen molar-refractivity contribution in [3.8, 4) is 0 Å². The molecule has 2 saturated heterocycles. The van der Waals surface area contributed by atoms with Crippen LogP contribution in [0.15, 0.2) is 18.0 Å². The van der Waals surface area contributed by atoms with Crippen molar-refractivity contribution in [2.24, 2.45) is 11.7 Å². The minimum absolute atomic E-state index is 0.191. The Kier molecular flexibility index (Phi) is 4.01. The van der Waals surface area contributed by atoms with Crippen molar-refractivity contribution in [2.75, 3.05) is 24.5 Å². The number of nitrogens with two attached hydrogens (primary N) is 1. The van der Waals surface area contributed by atoms with Gasteiger partial charge in [0.25, 0.3) is 5.91 Å². The number of hydrogen-bond donors (Lipinski definition) is 3. The first-order chi connectivity index (χ1) is 10.7. The predicted molar refractivity (Wildman–Crippen MR) is 80.7 cm³/mol. The molecule has 0 aliphatic carbocycles. The molecule has 3 heterocycles. The van der Waals surface area contributed by atoms with E-state index in [0.29, 0.717) is 17.6 Å². The minimum Gasteiger partial charge on any atom is -0.341 e. The first kappa shape index (κ1) is 14.5. The van der Waals surface area contributed by atoms with Gasteiger partial charge in [-0.15, -0.1) is 0 Å². The molecule has 0 atom stereocenters. The van der Waals surface area contributed by atoms with Crippen LogP contribution in [0.3, 0.4) is 0 Å². The summed E-state index contributed by atoms with van der Waals surface area (Å²) in [6.45, 7) is 2.47. The molecule has 1 aromatic heterocycles. The smallest absolute Gasteiger partial charge is 0.326 e. The van der Waals surface area contributed by atoms with Crippen LogP contribution in [0.2, 0.25) is 0 Å². The average molecular weight is 302 g/mol. The van der Waals surface area contributed by atoms with E-state index in [2.05, 4.69) is 25.5 Å². The standard InChI is InChI=1S/C14H18N6O2/c15-8-9-2-5-20(6-3-9)13-16-4-1-10(17-13)7-11-12(21)19-14(22)18-11/h1,4,7,9H,2-3,5-6,8,15H2,(H2,18,19,21,22). The van der Waals surface area contributed by atoms with Gasteiger partial charge in [-0.25, -0.2) is 14.8 Å². The van der Waals surface area contributed by atoms with Gasteiger partial charge >= 0.3 is 6.03 Å². The number of hydrogen-bond acceptors (Lipinski definition) is 6. The van der Waals surface area contributed by atoms with Gasteiger partial charge in [-0.1, -0.05) is 0 Å². The molecule has 3 amide bonds. The number of rotatable bonds is 3. The molecule has 2 aliphatic rings. The number of carbonyl (C=O) groups excluding carboxylic acids is 2. The number of carbonyl (C=O) groups is 2. The zero-order valence-corrected chi connectivity index (χ0v) is 12.1. The maximum Gasteiger partial charge on any atom is 0.326 e. The van der Waals surface area contributed by atoms with Crippen molar-refractivity contribution in [1.82, 2.24) is 20.6 Å². The monoisotopic (exact) mass is 302 g/mol. The van der Waals surface area contributed by atoms with Crippen molar-refractivity contribution in [2.45, 2.75) is 12.8 Å². The number of piperidine rings is 1. The molecule has 22 heavy (non-hydrogen) atoms. The second kappa shape index (κ2) is 6.10. The summed E-state index contributed by atoms with van der Waals surface area (Å²) in [5, 5.41) is 4.59. The van der Waals surface area contributed by atoms with E-state index >= 15 is 0 Å². The molecule has 8 nitrogen and oxygen atoms in total. The maximum atomic E-state index is 11.5. The number of nitrogens with zero attached hydrogens (tertiary/aromatic N) is 3. The van der Waals surface area contributed by atoms with Crippen LogP contribution in [0.1, 0.15) is 18.5 Å². The Balaban J connectivity index is 1.75. The largest absolute Gasteiger partial charge is 0.341 e. The van der Waals surface area contributed by atoms with Gasteiger partial charge in [0.2, 0.25) is 5.95 Å². The predicted octanol–water partition coefficient (Wildman–Crippen LogP) is -0.168.